The Labute approximate surface area is 234 Å². The molecule has 1 amide bonds. The normalized spacial score (nSPS) is 15.7. The molecule has 6 rings (SSSR count). The van der Waals surface area contributed by atoms with Crippen LogP contribution in [0.2, 0.25) is 0 Å². The molecule has 0 unspecified atom stereocenters. The predicted molar refractivity (Wildman–Crippen MR) is 149 cm³/mol. The van der Waals surface area contributed by atoms with E-state index in [1.807, 2.05) is 31.0 Å². The number of hydrogen-bond acceptors (Lipinski definition) is 10. The average molecular weight is 562 g/mol. The second kappa shape index (κ2) is 10.5. The smallest absolute Gasteiger partial charge is 0.236 e. The molecule has 1 aromatic carbocycles. The van der Waals surface area contributed by atoms with E-state index in [4.69, 9.17) is 15.1 Å². The van der Waals surface area contributed by atoms with Crippen LogP contribution in [0.4, 0.5) is 21.2 Å². The zero-order valence-corrected chi connectivity index (χ0v) is 22.9. The number of thiazole rings is 1. The zero-order chi connectivity index (χ0) is 28.0. The van der Waals surface area contributed by atoms with Crippen molar-refractivity contribution in [2.24, 2.45) is 0 Å². The van der Waals surface area contributed by atoms with Gasteiger partial charge in [-0.1, -0.05) is 18.3 Å². The van der Waals surface area contributed by atoms with Crippen molar-refractivity contribution in [3.8, 4) is 17.3 Å². The number of halogens is 1. The molecule has 2 saturated heterocycles. The highest BCUT2D eigenvalue weighted by atomic mass is 32.1. The van der Waals surface area contributed by atoms with E-state index >= 15 is 0 Å². The summed E-state index contributed by atoms with van der Waals surface area (Å²) in [4.78, 5) is 27.8. The van der Waals surface area contributed by atoms with E-state index < -0.39 is 6.10 Å². The maximum atomic E-state index is 13.5. The Morgan fingerprint density at radius 3 is 2.62 bits per heavy atom. The molecule has 0 saturated carbocycles. The van der Waals surface area contributed by atoms with Crippen molar-refractivity contribution in [3.63, 3.8) is 0 Å². The highest BCUT2D eigenvalue weighted by Crippen LogP contribution is 2.37. The number of imidazole rings is 1. The monoisotopic (exact) mass is 561 g/mol. The molecule has 2 N–H and O–H groups in total. The van der Waals surface area contributed by atoms with Crippen LogP contribution in [0.1, 0.15) is 17.5 Å². The molecule has 2 aliphatic rings. The van der Waals surface area contributed by atoms with Crippen LogP contribution in [0.5, 0.6) is 0 Å². The second-order valence-corrected chi connectivity index (χ2v) is 11.0. The first-order valence-corrected chi connectivity index (χ1v) is 13.9. The third-order valence-corrected chi connectivity index (χ3v) is 8.28. The van der Waals surface area contributed by atoms with Crippen molar-refractivity contribution in [3.05, 3.63) is 52.8 Å². The summed E-state index contributed by atoms with van der Waals surface area (Å²) < 4.78 is 15.3. The lowest BCUT2D eigenvalue weighted by atomic mass is 10.1. The quantitative estimate of drug-likeness (QED) is 0.333. The van der Waals surface area contributed by atoms with Gasteiger partial charge in [-0.25, -0.2) is 14.4 Å². The molecule has 3 aromatic heterocycles. The van der Waals surface area contributed by atoms with Gasteiger partial charge >= 0.3 is 0 Å². The van der Waals surface area contributed by atoms with Gasteiger partial charge in [0.1, 0.15) is 28.3 Å². The fraction of sp³-hybridized carbons (Fsp3) is 0.370. The van der Waals surface area contributed by atoms with Crippen molar-refractivity contribution >= 4 is 39.7 Å². The lowest BCUT2D eigenvalue weighted by Gasteiger charge is -2.41. The summed E-state index contributed by atoms with van der Waals surface area (Å²) in [6.07, 6.45) is 0.280. The Morgan fingerprint density at radius 2 is 1.95 bits per heavy atom. The van der Waals surface area contributed by atoms with E-state index in [0.29, 0.717) is 59.5 Å². The Balaban J connectivity index is 1.21. The van der Waals surface area contributed by atoms with Gasteiger partial charge < -0.3 is 25.1 Å². The minimum atomic E-state index is -0.398. The van der Waals surface area contributed by atoms with Gasteiger partial charge in [0.05, 0.1) is 18.3 Å². The zero-order valence-electron chi connectivity index (χ0n) is 22.1. The molecule has 206 valence electrons. The summed E-state index contributed by atoms with van der Waals surface area (Å²) in [5.41, 5.74) is 2.74. The molecule has 0 atom stereocenters. The number of benzene rings is 1. The van der Waals surface area contributed by atoms with Gasteiger partial charge in [0.2, 0.25) is 5.91 Å². The number of carbonyl (C=O) groups excluding carboxylic acids is 1. The molecule has 0 radical (unpaired) electrons. The van der Waals surface area contributed by atoms with E-state index in [-0.39, 0.29) is 24.3 Å². The summed E-state index contributed by atoms with van der Waals surface area (Å²) in [7, 11) is 1.88. The van der Waals surface area contributed by atoms with Crippen LogP contribution in [0.25, 0.3) is 16.9 Å². The molecule has 0 aliphatic carbocycles. The number of aromatic nitrogens is 4. The fourth-order valence-electron chi connectivity index (χ4n) is 4.92. The predicted octanol–water partition coefficient (Wildman–Crippen LogP) is 2.18. The minimum Gasteiger partial charge on any atom is -0.389 e. The Morgan fingerprint density at radius 1 is 1.20 bits per heavy atom. The van der Waals surface area contributed by atoms with Crippen LogP contribution in [-0.2, 0) is 11.2 Å². The van der Waals surface area contributed by atoms with E-state index in [1.54, 1.807) is 21.5 Å². The van der Waals surface area contributed by atoms with Crippen LogP contribution >= 0.6 is 11.3 Å². The van der Waals surface area contributed by atoms with Gasteiger partial charge in [-0.05, 0) is 42.8 Å². The molecule has 0 bridgehead atoms. The SMILES string of the molecule is CCc1nc2ccc(N3CC(NCC(=O)N4CC(O)C4)C3)nn2c1N(C)c1nc(-c2ccc(F)cc2)c(C#N)s1. The van der Waals surface area contributed by atoms with Gasteiger partial charge in [0.25, 0.3) is 0 Å². The van der Waals surface area contributed by atoms with Crippen molar-refractivity contribution in [2.75, 3.05) is 49.6 Å². The summed E-state index contributed by atoms with van der Waals surface area (Å²) in [6, 6.07) is 12.2. The fourth-order valence-corrected chi connectivity index (χ4v) is 5.77. The largest absolute Gasteiger partial charge is 0.389 e. The number of aliphatic hydroxyl groups excluding tert-OH is 1. The van der Waals surface area contributed by atoms with Crippen LogP contribution in [0.3, 0.4) is 0 Å². The van der Waals surface area contributed by atoms with Crippen LogP contribution < -0.4 is 15.1 Å². The van der Waals surface area contributed by atoms with Gasteiger partial charge in [-0.2, -0.15) is 9.78 Å². The summed E-state index contributed by atoms with van der Waals surface area (Å²) >= 11 is 1.26. The molecule has 0 spiro atoms. The molecule has 2 fully saturated rings. The molecular formula is C27H28FN9O2S. The first-order chi connectivity index (χ1) is 19.3. The highest BCUT2D eigenvalue weighted by molar-refractivity contribution is 7.16. The number of nitrogens with zero attached hydrogens (tertiary/aromatic N) is 8. The molecule has 5 heterocycles. The number of nitriles is 1. The maximum Gasteiger partial charge on any atom is 0.236 e. The van der Waals surface area contributed by atoms with Gasteiger partial charge in [0, 0.05) is 44.8 Å². The Hall–Kier alpha value is -4.12. The number of likely N-dealkylation sites (tertiary alicyclic amines) is 1. The number of rotatable bonds is 8. The molecule has 13 heteroatoms. The van der Waals surface area contributed by atoms with Gasteiger partial charge in [-0.3, -0.25) is 4.79 Å². The van der Waals surface area contributed by atoms with Gasteiger partial charge in [-0.15, -0.1) is 5.10 Å². The second-order valence-electron chi connectivity index (χ2n) is 9.98. The topological polar surface area (TPSA) is 126 Å². The number of aliphatic hydroxyl groups is 1. The number of fused-ring (bicyclic) bond motifs is 1. The van der Waals surface area contributed by atoms with Crippen LogP contribution in [0.15, 0.2) is 36.4 Å². The van der Waals surface area contributed by atoms with Gasteiger partial charge in [0.15, 0.2) is 16.6 Å². The Kier molecular flexibility index (Phi) is 6.83. The average Bonchev–Trinajstić information content (AvgIpc) is 3.51. The van der Waals surface area contributed by atoms with Crippen molar-refractivity contribution < 1.29 is 14.3 Å². The number of anilines is 3. The molecule has 40 heavy (non-hydrogen) atoms. The maximum absolute atomic E-state index is 13.5. The lowest BCUT2D eigenvalue weighted by molar-refractivity contribution is -0.140. The van der Waals surface area contributed by atoms with E-state index in [9.17, 15) is 19.6 Å². The summed E-state index contributed by atoms with van der Waals surface area (Å²) in [5.74, 6) is 1.22. The van der Waals surface area contributed by atoms with E-state index in [1.165, 1.54) is 23.5 Å². The number of aryl methyl sites for hydroxylation is 1. The summed E-state index contributed by atoms with van der Waals surface area (Å²) in [6.45, 7) is 4.54. The third kappa shape index (κ3) is 4.74. The standard InChI is InChI=1S/C27H28FN9O2S/c1-3-20-26(34(2)27-32-25(21(10-29)40-27)16-4-6-17(28)7-5-16)37-22(31-20)8-9-23(33-37)35-12-18(13-35)30-11-24(39)36-14-19(38)15-36/h4-9,18-19,30,38H,3,11-15H2,1-2H3. The Bertz CT molecular complexity index is 1600. The van der Waals surface area contributed by atoms with Crippen molar-refractivity contribution in [2.45, 2.75) is 25.5 Å². The molecule has 11 nitrogen and oxygen atoms in total. The highest BCUT2D eigenvalue weighted by Gasteiger charge is 2.32. The number of amides is 1. The summed E-state index contributed by atoms with van der Waals surface area (Å²) in [5, 5.41) is 27.9. The van der Waals surface area contributed by atoms with E-state index in [2.05, 4.69) is 16.3 Å². The number of hydrogen-bond donors (Lipinski definition) is 2. The molecule has 2 aliphatic heterocycles. The number of nitrogens with one attached hydrogen (secondary N) is 1. The first-order valence-electron chi connectivity index (χ1n) is 13.1. The lowest BCUT2D eigenvalue weighted by Crippen LogP contribution is -2.61. The van der Waals surface area contributed by atoms with Crippen LogP contribution in [-0.4, -0.2) is 87.4 Å². The van der Waals surface area contributed by atoms with Crippen molar-refractivity contribution in [1.82, 2.24) is 29.8 Å². The third-order valence-electron chi connectivity index (χ3n) is 7.25. The van der Waals surface area contributed by atoms with Crippen molar-refractivity contribution in [1.29, 1.82) is 5.26 Å². The number of β-amino-alcohol motifs (C(OH)–C–C–N with tert-alkyl or cyclic N) is 1. The van der Waals surface area contributed by atoms with Crippen LogP contribution in [0, 0.1) is 17.1 Å². The molecular weight excluding hydrogens is 533 g/mol. The minimum absolute atomic E-state index is 0.00538. The number of carbonyl (C=O) groups is 1. The molecule has 4 aromatic rings. The van der Waals surface area contributed by atoms with E-state index in [0.717, 1.165) is 17.3 Å². The first kappa shape index (κ1) is 26.1.